The first-order chi connectivity index (χ1) is 11.6. The zero-order valence-corrected chi connectivity index (χ0v) is 14.3. The second kappa shape index (κ2) is 7.16. The molecule has 0 saturated carbocycles. The van der Waals surface area contributed by atoms with Gasteiger partial charge in [-0.3, -0.25) is 15.0 Å². The van der Waals surface area contributed by atoms with Gasteiger partial charge in [-0.05, 0) is 33.3 Å². The van der Waals surface area contributed by atoms with Crippen LogP contribution in [0.1, 0.15) is 61.3 Å². The van der Waals surface area contributed by atoms with Crippen molar-refractivity contribution < 1.29 is 24.3 Å². The van der Waals surface area contributed by atoms with Crippen LogP contribution in [0.2, 0.25) is 0 Å². The molecule has 9 nitrogen and oxygen atoms in total. The van der Waals surface area contributed by atoms with E-state index in [1.807, 2.05) is 0 Å². The summed E-state index contributed by atoms with van der Waals surface area (Å²) in [5, 5.41) is 16.7. The van der Waals surface area contributed by atoms with Crippen LogP contribution in [0.4, 0.5) is 0 Å². The van der Waals surface area contributed by atoms with Gasteiger partial charge in [-0.1, -0.05) is 0 Å². The Labute approximate surface area is 145 Å². The Bertz CT molecular complexity index is 698. The maximum atomic E-state index is 12.5. The van der Waals surface area contributed by atoms with Gasteiger partial charge in [0.1, 0.15) is 11.4 Å². The first-order valence-corrected chi connectivity index (χ1v) is 7.78. The molecule has 0 spiro atoms. The summed E-state index contributed by atoms with van der Waals surface area (Å²) < 4.78 is 5.37. The normalized spacial score (nSPS) is 20.3. The van der Waals surface area contributed by atoms with E-state index in [1.165, 1.54) is 12.3 Å². The summed E-state index contributed by atoms with van der Waals surface area (Å²) in [4.78, 5) is 32.7. The number of hydrogen-bond donors (Lipinski definition) is 4. The Morgan fingerprint density at radius 2 is 2.20 bits per heavy atom. The highest BCUT2D eigenvalue weighted by Crippen LogP contribution is 2.31. The van der Waals surface area contributed by atoms with Crippen molar-refractivity contribution in [1.29, 1.82) is 5.41 Å². The summed E-state index contributed by atoms with van der Waals surface area (Å²) in [6.07, 6.45) is 0.938. The number of carbonyl (C=O) groups excluding carboxylic acids is 1. The van der Waals surface area contributed by atoms with Crippen LogP contribution in [-0.4, -0.2) is 39.6 Å². The predicted molar refractivity (Wildman–Crippen MR) is 88.0 cm³/mol. The molecule has 25 heavy (non-hydrogen) atoms. The summed E-state index contributed by atoms with van der Waals surface area (Å²) in [5.74, 6) is -1.86. The van der Waals surface area contributed by atoms with E-state index in [0.29, 0.717) is 17.5 Å². The number of nitrogens with zero attached hydrogens (tertiary/aromatic N) is 1. The van der Waals surface area contributed by atoms with Crippen molar-refractivity contribution in [3.8, 4) is 0 Å². The lowest BCUT2D eigenvalue weighted by Gasteiger charge is -2.22. The number of hydroxylamine groups is 1. The van der Waals surface area contributed by atoms with Crippen LogP contribution < -0.4 is 11.2 Å². The molecule has 0 bridgehead atoms. The Morgan fingerprint density at radius 3 is 2.76 bits per heavy atom. The van der Waals surface area contributed by atoms with Crippen molar-refractivity contribution in [2.45, 2.75) is 51.4 Å². The number of carboxylic acids is 1. The van der Waals surface area contributed by atoms with E-state index in [1.54, 1.807) is 20.8 Å². The van der Waals surface area contributed by atoms with E-state index in [0.717, 1.165) is 0 Å². The third-order valence-corrected chi connectivity index (χ3v) is 3.50. The standard InChI is InChI=1S/C16H22N4O5/c1-16(2,3)24-15(23)13-12(9(14(17)18)4-5-19-13)10-6-8(25-20-10)7-11(21)22/h4-5,8,10,20H,6-7H2,1-3H3,(H3,17,18)(H,21,22). The second-order valence-electron chi connectivity index (χ2n) is 6.78. The van der Waals surface area contributed by atoms with E-state index in [9.17, 15) is 9.59 Å². The molecule has 1 aromatic rings. The molecule has 1 aromatic heterocycles. The van der Waals surface area contributed by atoms with Gasteiger partial charge in [-0.25, -0.2) is 9.78 Å². The maximum Gasteiger partial charge on any atom is 0.357 e. The third-order valence-electron chi connectivity index (χ3n) is 3.50. The van der Waals surface area contributed by atoms with Crippen molar-refractivity contribution in [2.75, 3.05) is 0 Å². The molecule has 2 atom stereocenters. The van der Waals surface area contributed by atoms with Gasteiger partial charge in [-0.15, -0.1) is 0 Å². The van der Waals surface area contributed by atoms with Crippen molar-refractivity contribution in [3.63, 3.8) is 0 Å². The van der Waals surface area contributed by atoms with Crippen LogP contribution in [0.5, 0.6) is 0 Å². The Morgan fingerprint density at radius 1 is 1.52 bits per heavy atom. The van der Waals surface area contributed by atoms with Crippen LogP contribution in [0.15, 0.2) is 12.3 Å². The highest BCUT2D eigenvalue weighted by Gasteiger charge is 2.34. The molecule has 5 N–H and O–H groups in total. The molecular weight excluding hydrogens is 328 g/mol. The second-order valence-corrected chi connectivity index (χ2v) is 6.78. The molecule has 0 radical (unpaired) electrons. The number of ether oxygens (including phenoxy) is 1. The van der Waals surface area contributed by atoms with E-state index in [-0.39, 0.29) is 18.0 Å². The van der Waals surface area contributed by atoms with Gasteiger partial charge >= 0.3 is 11.9 Å². The largest absolute Gasteiger partial charge is 0.481 e. The lowest BCUT2D eigenvalue weighted by atomic mass is 9.94. The zero-order chi connectivity index (χ0) is 18.8. The molecule has 2 heterocycles. The summed E-state index contributed by atoms with van der Waals surface area (Å²) in [5.41, 5.74) is 8.36. The Hall–Kier alpha value is -2.52. The number of aliphatic carboxylic acids is 1. The summed E-state index contributed by atoms with van der Waals surface area (Å²) in [6.45, 7) is 5.21. The van der Waals surface area contributed by atoms with Gasteiger partial charge in [0.05, 0.1) is 18.6 Å². The van der Waals surface area contributed by atoms with Crippen molar-refractivity contribution in [3.05, 3.63) is 29.1 Å². The van der Waals surface area contributed by atoms with Crippen molar-refractivity contribution in [2.24, 2.45) is 5.73 Å². The first kappa shape index (κ1) is 18.8. The highest BCUT2D eigenvalue weighted by atomic mass is 16.7. The predicted octanol–water partition coefficient (Wildman–Crippen LogP) is 1.13. The molecule has 0 aliphatic carbocycles. The number of rotatable bonds is 5. The lowest BCUT2D eigenvalue weighted by Crippen LogP contribution is -2.28. The van der Waals surface area contributed by atoms with E-state index in [4.69, 9.17) is 25.8 Å². The van der Waals surface area contributed by atoms with E-state index in [2.05, 4.69) is 10.5 Å². The number of nitrogen functional groups attached to an aromatic ring is 1. The molecular formula is C16H22N4O5. The number of carboxylic acid groups (broad SMARTS) is 1. The Kier molecular flexibility index (Phi) is 5.39. The number of aromatic nitrogens is 1. The number of pyridine rings is 1. The zero-order valence-electron chi connectivity index (χ0n) is 14.3. The van der Waals surface area contributed by atoms with Gasteiger partial charge in [0.15, 0.2) is 5.69 Å². The molecule has 9 heteroatoms. The lowest BCUT2D eigenvalue weighted by molar-refractivity contribution is -0.140. The van der Waals surface area contributed by atoms with E-state index >= 15 is 0 Å². The fourth-order valence-electron chi connectivity index (χ4n) is 2.58. The van der Waals surface area contributed by atoms with Crippen LogP contribution >= 0.6 is 0 Å². The molecule has 1 aliphatic heterocycles. The number of hydrogen-bond acceptors (Lipinski definition) is 7. The van der Waals surface area contributed by atoms with Gasteiger partial charge in [0.25, 0.3) is 0 Å². The van der Waals surface area contributed by atoms with Crippen LogP contribution in [-0.2, 0) is 14.4 Å². The molecule has 0 amide bonds. The average molecular weight is 350 g/mol. The highest BCUT2D eigenvalue weighted by molar-refractivity contribution is 6.00. The number of nitrogens with one attached hydrogen (secondary N) is 2. The van der Waals surface area contributed by atoms with Crippen molar-refractivity contribution in [1.82, 2.24) is 10.5 Å². The smallest absolute Gasteiger partial charge is 0.357 e. The fourth-order valence-corrected chi connectivity index (χ4v) is 2.58. The van der Waals surface area contributed by atoms with Gasteiger partial charge in [-0.2, -0.15) is 5.48 Å². The Balaban J connectivity index is 2.39. The minimum Gasteiger partial charge on any atom is -0.481 e. The molecule has 1 aliphatic rings. The molecule has 136 valence electrons. The summed E-state index contributed by atoms with van der Waals surface area (Å²) >= 11 is 0. The number of nitrogens with two attached hydrogens (primary N) is 1. The van der Waals surface area contributed by atoms with E-state index < -0.39 is 29.7 Å². The molecule has 1 saturated heterocycles. The fraction of sp³-hybridized carbons (Fsp3) is 0.500. The monoisotopic (exact) mass is 350 g/mol. The average Bonchev–Trinajstić information content (AvgIpc) is 2.91. The molecule has 2 rings (SSSR count). The maximum absolute atomic E-state index is 12.5. The number of carbonyl (C=O) groups is 2. The first-order valence-electron chi connectivity index (χ1n) is 7.78. The minimum atomic E-state index is -0.988. The number of amidine groups is 1. The van der Waals surface area contributed by atoms with Crippen molar-refractivity contribution >= 4 is 17.8 Å². The van der Waals surface area contributed by atoms with Gasteiger partial charge in [0.2, 0.25) is 0 Å². The summed E-state index contributed by atoms with van der Waals surface area (Å²) in [7, 11) is 0. The number of esters is 1. The molecule has 2 unspecified atom stereocenters. The molecule has 0 aromatic carbocycles. The van der Waals surface area contributed by atoms with Crippen LogP contribution in [0.3, 0.4) is 0 Å². The minimum absolute atomic E-state index is 0.0275. The summed E-state index contributed by atoms with van der Waals surface area (Å²) in [6, 6.07) is 0.997. The molecule has 1 fully saturated rings. The van der Waals surface area contributed by atoms with Crippen LogP contribution in [0.25, 0.3) is 0 Å². The SMILES string of the molecule is CC(C)(C)OC(=O)c1nccc(C(=N)N)c1C1CC(CC(=O)O)ON1. The quantitative estimate of drug-likeness (QED) is 0.351. The van der Waals surface area contributed by atoms with Gasteiger partial charge < -0.3 is 15.6 Å². The van der Waals surface area contributed by atoms with Gasteiger partial charge in [0, 0.05) is 17.3 Å². The topological polar surface area (TPSA) is 148 Å². The van der Waals surface area contributed by atoms with Crippen LogP contribution in [0, 0.1) is 5.41 Å². The third kappa shape index (κ3) is 4.74.